The summed E-state index contributed by atoms with van der Waals surface area (Å²) in [7, 11) is 0. The molecule has 0 bridgehead atoms. The van der Waals surface area contributed by atoms with Crippen molar-refractivity contribution in [3.63, 3.8) is 0 Å². The van der Waals surface area contributed by atoms with Crippen LogP contribution in [0.1, 0.15) is 33.1 Å². The van der Waals surface area contributed by atoms with E-state index in [1.165, 1.54) is 0 Å². The fourth-order valence-electron chi connectivity index (χ4n) is 0.736. The van der Waals surface area contributed by atoms with E-state index in [1.54, 1.807) is 0 Å². The number of hydrogen-bond donors (Lipinski definition) is 2. The monoisotopic (exact) mass is 175 g/mol. The van der Waals surface area contributed by atoms with Crippen LogP contribution in [0.2, 0.25) is 0 Å². The molecule has 0 aromatic carbocycles. The molecule has 0 rings (SSSR count). The smallest absolute Gasteiger partial charge is 0.219 e. The lowest BCUT2D eigenvalue weighted by atomic mass is 10.3. The maximum atomic E-state index is 10.9. The number of nitrogens with one attached hydrogen (secondary N) is 1. The molecule has 1 unspecified atom stereocenters. The number of rotatable bonds is 5. The molecule has 0 spiro atoms. The van der Waals surface area contributed by atoms with Gasteiger partial charge in [-0.15, -0.1) is 0 Å². The summed E-state index contributed by atoms with van der Waals surface area (Å²) < 4.78 is 0. The zero-order valence-electron chi connectivity index (χ0n) is 7.26. The van der Waals surface area contributed by atoms with Gasteiger partial charge >= 0.3 is 0 Å². The van der Waals surface area contributed by atoms with Crippen molar-refractivity contribution in [2.45, 2.75) is 38.4 Å². The van der Waals surface area contributed by atoms with Crippen LogP contribution < -0.4 is 5.32 Å². The molecule has 0 heterocycles. The van der Waals surface area contributed by atoms with Gasteiger partial charge in [-0.2, -0.15) is 12.6 Å². The number of thiol groups is 1. The van der Waals surface area contributed by atoms with Crippen LogP contribution >= 0.6 is 12.6 Å². The molecule has 0 aliphatic heterocycles. The Bertz CT molecular complexity index is 115. The van der Waals surface area contributed by atoms with E-state index in [2.05, 4.69) is 17.9 Å². The molecule has 66 valence electrons. The normalized spacial score (nSPS) is 12.6. The minimum absolute atomic E-state index is 0.154. The van der Waals surface area contributed by atoms with Gasteiger partial charge in [0.25, 0.3) is 0 Å². The minimum atomic E-state index is 0.154. The van der Waals surface area contributed by atoms with Crippen LogP contribution in [0, 0.1) is 0 Å². The first-order valence-electron chi connectivity index (χ1n) is 4.11. The Morgan fingerprint density at radius 3 is 2.73 bits per heavy atom. The van der Waals surface area contributed by atoms with Crippen LogP contribution in [-0.4, -0.2) is 17.7 Å². The van der Waals surface area contributed by atoms with Crippen molar-refractivity contribution in [2.24, 2.45) is 0 Å². The Kier molecular flexibility index (Phi) is 6.42. The predicted molar refractivity (Wildman–Crippen MR) is 51.0 cm³/mol. The maximum Gasteiger partial charge on any atom is 0.219 e. The lowest BCUT2D eigenvalue weighted by Crippen LogP contribution is -2.25. The first kappa shape index (κ1) is 10.8. The van der Waals surface area contributed by atoms with Gasteiger partial charge in [0.1, 0.15) is 0 Å². The van der Waals surface area contributed by atoms with Gasteiger partial charge in [-0.25, -0.2) is 0 Å². The van der Waals surface area contributed by atoms with E-state index >= 15 is 0 Å². The molecule has 1 amide bonds. The van der Waals surface area contributed by atoms with Crippen molar-refractivity contribution in [3.8, 4) is 0 Å². The molecule has 0 saturated carbocycles. The van der Waals surface area contributed by atoms with Crippen LogP contribution in [0.5, 0.6) is 0 Å². The summed E-state index contributed by atoms with van der Waals surface area (Å²) in [6.07, 6.45) is 2.50. The van der Waals surface area contributed by atoms with Crippen LogP contribution in [0.3, 0.4) is 0 Å². The molecule has 1 atom stereocenters. The third-order valence-electron chi connectivity index (χ3n) is 1.36. The second kappa shape index (κ2) is 6.53. The summed E-state index contributed by atoms with van der Waals surface area (Å²) in [5.74, 6) is 0.154. The van der Waals surface area contributed by atoms with E-state index in [0.29, 0.717) is 11.7 Å². The van der Waals surface area contributed by atoms with Crippen molar-refractivity contribution < 1.29 is 4.79 Å². The predicted octanol–water partition coefficient (Wildman–Crippen LogP) is 1.61. The molecular formula is C8H17NOS. The van der Waals surface area contributed by atoms with Crippen LogP contribution in [0.25, 0.3) is 0 Å². The van der Waals surface area contributed by atoms with Gasteiger partial charge in [0, 0.05) is 18.2 Å². The van der Waals surface area contributed by atoms with E-state index in [4.69, 9.17) is 0 Å². The molecule has 0 radical (unpaired) electrons. The van der Waals surface area contributed by atoms with Gasteiger partial charge in [0.2, 0.25) is 5.91 Å². The maximum absolute atomic E-state index is 10.9. The van der Waals surface area contributed by atoms with Gasteiger partial charge in [-0.1, -0.05) is 13.8 Å². The highest BCUT2D eigenvalue weighted by atomic mass is 32.1. The van der Waals surface area contributed by atoms with Gasteiger partial charge in [0.05, 0.1) is 0 Å². The Hall–Kier alpha value is -0.180. The summed E-state index contributed by atoms with van der Waals surface area (Å²) in [6.45, 7) is 4.78. The first-order valence-corrected chi connectivity index (χ1v) is 4.63. The highest BCUT2D eigenvalue weighted by molar-refractivity contribution is 7.80. The van der Waals surface area contributed by atoms with Gasteiger partial charge < -0.3 is 5.32 Å². The fourth-order valence-corrected chi connectivity index (χ4v) is 0.865. The average Bonchev–Trinajstić information content (AvgIpc) is 1.87. The number of hydrogen-bond acceptors (Lipinski definition) is 2. The number of carbonyl (C=O) groups is 1. The quantitative estimate of drug-likeness (QED) is 0.611. The van der Waals surface area contributed by atoms with Gasteiger partial charge in [-0.3, -0.25) is 4.79 Å². The van der Waals surface area contributed by atoms with Crippen molar-refractivity contribution >= 4 is 18.5 Å². The summed E-state index contributed by atoms with van der Waals surface area (Å²) in [4.78, 5) is 10.9. The second-order valence-corrected chi connectivity index (χ2v) is 3.62. The van der Waals surface area contributed by atoms with Gasteiger partial charge in [0.15, 0.2) is 0 Å². The zero-order valence-corrected chi connectivity index (χ0v) is 8.16. The summed E-state index contributed by atoms with van der Waals surface area (Å²) in [6, 6.07) is 0. The molecule has 3 heteroatoms. The average molecular weight is 175 g/mol. The molecule has 0 aromatic rings. The topological polar surface area (TPSA) is 29.1 Å². The molecule has 0 fully saturated rings. The standard InChI is InChI=1S/C8H17NOS/c1-3-4-8(10)9-6-5-7(2)11/h7,11H,3-6H2,1-2H3,(H,9,10). The largest absolute Gasteiger partial charge is 0.356 e. The van der Waals surface area contributed by atoms with E-state index in [-0.39, 0.29) is 5.91 Å². The number of amides is 1. The van der Waals surface area contributed by atoms with Gasteiger partial charge in [-0.05, 0) is 12.8 Å². The Balaban J connectivity index is 3.17. The van der Waals surface area contributed by atoms with Crippen molar-refractivity contribution in [1.29, 1.82) is 0 Å². The van der Waals surface area contributed by atoms with Crippen molar-refractivity contribution in [1.82, 2.24) is 5.32 Å². The first-order chi connectivity index (χ1) is 5.16. The molecule has 0 aromatic heterocycles. The fraction of sp³-hybridized carbons (Fsp3) is 0.875. The SMILES string of the molecule is CCCC(=O)NCCC(C)S. The van der Waals surface area contributed by atoms with E-state index in [9.17, 15) is 4.79 Å². The summed E-state index contributed by atoms with van der Waals surface area (Å²) >= 11 is 4.20. The second-order valence-electron chi connectivity index (χ2n) is 2.74. The molecule has 11 heavy (non-hydrogen) atoms. The van der Waals surface area contributed by atoms with E-state index in [1.807, 2.05) is 13.8 Å². The molecule has 2 nitrogen and oxygen atoms in total. The van der Waals surface area contributed by atoms with Crippen LogP contribution in [0.15, 0.2) is 0 Å². The Morgan fingerprint density at radius 2 is 2.27 bits per heavy atom. The molecule has 0 aliphatic rings. The molecular weight excluding hydrogens is 158 g/mol. The third kappa shape index (κ3) is 7.72. The third-order valence-corrected chi connectivity index (χ3v) is 1.62. The van der Waals surface area contributed by atoms with Crippen LogP contribution in [-0.2, 0) is 4.79 Å². The highest BCUT2D eigenvalue weighted by Gasteiger charge is 1.98. The molecule has 0 saturated heterocycles. The van der Waals surface area contributed by atoms with Crippen LogP contribution in [0.4, 0.5) is 0 Å². The summed E-state index contributed by atoms with van der Waals surface area (Å²) in [5.41, 5.74) is 0. The van der Waals surface area contributed by atoms with E-state index < -0.39 is 0 Å². The number of carbonyl (C=O) groups excluding carboxylic acids is 1. The molecule has 1 N–H and O–H groups in total. The van der Waals surface area contributed by atoms with Crippen molar-refractivity contribution in [2.75, 3.05) is 6.54 Å². The minimum Gasteiger partial charge on any atom is -0.356 e. The zero-order chi connectivity index (χ0) is 8.69. The lowest BCUT2D eigenvalue weighted by Gasteiger charge is -2.05. The highest BCUT2D eigenvalue weighted by Crippen LogP contribution is 1.96. The summed E-state index contributed by atoms with van der Waals surface area (Å²) in [5, 5.41) is 3.20. The molecule has 0 aliphatic carbocycles. The lowest BCUT2D eigenvalue weighted by molar-refractivity contribution is -0.121. The van der Waals surface area contributed by atoms with Crippen molar-refractivity contribution in [3.05, 3.63) is 0 Å². The Morgan fingerprint density at radius 1 is 1.64 bits per heavy atom. The van der Waals surface area contributed by atoms with E-state index in [0.717, 1.165) is 19.4 Å². The Labute approximate surface area is 74.2 Å².